The van der Waals surface area contributed by atoms with E-state index in [2.05, 4.69) is 75.4 Å². The van der Waals surface area contributed by atoms with E-state index in [-0.39, 0.29) is 0 Å². The molecular weight excluding hydrogens is 276 g/mol. The maximum Gasteiger partial charge on any atom is -0.000419 e. The average molecular weight is 309 g/mol. The van der Waals surface area contributed by atoms with Crippen LogP contribution in [0.1, 0.15) is 70.8 Å². The molecule has 0 spiro atoms. The van der Waals surface area contributed by atoms with Gasteiger partial charge < -0.3 is 0 Å². The molecule has 0 bridgehead atoms. The lowest BCUT2D eigenvalue weighted by molar-refractivity contribution is 0.549. The summed E-state index contributed by atoms with van der Waals surface area (Å²) in [6, 6.07) is 15.4. The van der Waals surface area contributed by atoms with Gasteiger partial charge in [-0.25, -0.2) is 0 Å². The molecule has 0 unspecified atom stereocenters. The van der Waals surface area contributed by atoms with Gasteiger partial charge in [0.25, 0.3) is 0 Å². The first-order valence-electron chi connectivity index (χ1n) is 9.38. The number of benzene rings is 2. The molecule has 0 amide bonds. The minimum atomic E-state index is 0.476. The Balaban J connectivity index is 1.91. The quantitative estimate of drug-likeness (QED) is 0.332. The standard InChI is InChI=1S/C23H32/c1-4-5-6-7-8-12-19(2)17-18-20(3)22-16-11-14-21-13-9-10-15-23(21)22/h9-11,13-20H,4-8,12H2,1-3H3/b18-17-/t19-,20-/m1/s1. The molecule has 2 rings (SSSR count). The summed E-state index contributed by atoms with van der Waals surface area (Å²) in [5.74, 6) is 1.16. The zero-order chi connectivity index (χ0) is 16.5. The summed E-state index contributed by atoms with van der Waals surface area (Å²) in [6.45, 7) is 6.94. The Morgan fingerprint density at radius 1 is 0.826 bits per heavy atom. The maximum absolute atomic E-state index is 2.42. The Hall–Kier alpha value is -1.56. The van der Waals surface area contributed by atoms with Crippen molar-refractivity contribution in [1.29, 1.82) is 0 Å². The van der Waals surface area contributed by atoms with E-state index in [1.807, 2.05) is 0 Å². The summed E-state index contributed by atoms with van der Waals surface area (Å²) in [5.41, 5.74) is 1.44. The topological polar surface area (TPSA) is 0 Å². The fourth-order valence-electron chi connectivity index (χ4n) is 3.27. The monoisotopic (exact) mass is 308 g/mol. The van der Waals surface area contributed by atoms with Crippen molar-refractivity contribution in [2.45, 2.75) is 65.2 Å². The highest BCUT2D eigenvalue weighted by Gasteiger charge is 2.06. The summed E-state index contributed by atoms with van der Waals surface area (Å²) in [6.07, 6.45) is 13.0. The second-order valence-corrected chi connectivity index (χ2v) is 6.92. The molecule has 0 aliphatic heterocycles. The Morgan fingerprint density at radius 2 is 1.57 bits per heavy atom. The Kier molecular flexibility index (Phi) is 7.39. The van der Waals surface area contributed by atoms with Crippen molar-refractivity contribution in [3.05, 3.63) is 60.2 Å². The van der Waals surface area contributed by atoms with E-state index in [1.165, 1.54) is 54.9 Å². The van der Waals surface area contributed by atoms with Crippen LogP contribution in [0.25, 0.3) is 10.8 Å². The maximum atomic E-state index is 2.42. The third-order valence-electron chi connectivity index (χ3n) is 4.81. The van der Waals surface area contributed by atoms with Crippen LogP contribution in [0.5, 0.6) is 0 Å². The first kappa shape index (κ1) is 17.8. The molecule has 0 aliphatic carbocycles. The SMILES string of the molecule is CCCCCCC[C@@H](C)/C=C\[C@@H](C)c1cccc2ccccc12. The minimum Gasteiger partial charge on any atom is -0.0851 e. The zero-order valence-corrected chi connectivity index (χ0v) is 15.1. The number of unbranched alkanes of at least 4 members (excludes halogenated alkanes) is 4. The molecule has 0 radical (unpaired) electrons. The van der Waals surface area contributed by atoms with Crippen LogP contribution >= 0.6 is 0 Å². The third kappa shape index (κ3) is 5.53. The normalized spacial score (nSPS) is 14.4. The largest absolute Gasteiger partial charge is 0.0851 e. The summed E-state index contributed by atoms with van der Waals surface area (Å²) in [7, 11) is 0. The van der Waals surface area contributed by atoms with Crippen molar-refractivity contribution in [2.24, 2.45) is 5.92 Å². The van der Waals surface area contributed by atoms with Crippen LogP contribution in [0.2, 0.25) is 0 Å². The van der Waals surface area contributed by atoms with Crippen LogP contribution in [-0.2, 0) is 0 Å². The molecule has 2 aromatic carbocycles. The molecule has 0 saturated carbocycles. The number of hydrogen-bond donors (Lipinski definition) is 0. The Morgan fingerprint density at radius 3 is 2.39 bits per heavy atom. The highest BCUT2D eigenvalue weighted by atomic mass is 14.1. The molecule has 0 N–H and O–H groups in total. The predicted molar refractivity (Wildman–Crippen MR) is 104 cm³/mol. The van der Waals surface area contributed by atoms with Gasteiger partial charge in [0, 0.05) is 0 Å². The van der Waals surface area contributed by atoms with Crippen molar-refractivity contribution in [2.75, 3.05) is 0 Å². The van der Waals surface area contributed by atoms with E-state index in [0.29, 0.717) is 11.8 Å². The summed E-state index contributed by atoms with van der Waals surface area (Å²) in [4.78, 5) is 0. The number of allylic oxidation sites excluding steroid dienone is 2. The fourth-order valence-corrected chi connectivity index (χ4v) is 3.27. The van der Waals surface area contributed by atoms with Gasteiger partial charge in [-0.1, -0.05) is 107 Å². The average Bonchev–Trinajstić information content (AvgIpc) is 2.59. The number of fused-ring (bicyclic) bond motifs is 1. The second kappa shape index (κ2) is 9.55. The molecule has 0 heterocycles. The summed E-state index contributed by atoms with van der Waals surface area (Å²) >= 11 is 0. The first-order valence-corrected chi connectivity index (χ1v) is 9.38. The lowest BCUT2D eigenvalue weighted by Gasteiger charge is -2.12. The first-order chi connectivity index (χ1) is 11.2. The van der Waals surface area contributed by atoms with E-state index in [9.17, 15) is 0 Å². The molecule has 0 aromatic heterocycles. The zero-order valence-electron chi connectivity index (χ0n) is 15.1. The van der Waals surface area contributed by atoms with Gasteiger partial charge in [0.2, 0.25) is 0 Å². The Labute approximate surface area is 142 Å². The van der Waals surface area contributed by atoms with E-state index in [4.69, 9.17) is 0 Å². The van der Waals surface area contributed by atoms with Crippen LogP contribution in [0.15, 0.2) is 54.6 Å². The minimum absolute atomic E-state index is 0.476. The van der Waals surface area contributed by atoms with Crippen LogP contribution < -0.4 is 0 Å². The van der Waals surface area contributed by atoms with Crippen LogP contribution in [0.3, 0.4) is 0 Å². The van der Waals surface area contributed by atoms with E-state index < -0.39 is 0 Å². The van der Waals surface area contributed by atoms with Crippen molar-refractivity contribution < 1.29 is 0 Å². The highest BCUT2D eigenvalue weighted by molar-refractivity contribution is 5.86. The molecule has 0 aliphatic rings. The fraction of sp³-hybridized carbons (Fsp3) is 0.478. The molecule has 0 fully saturated rings. The molecule has 124 valence electrons. The molecule has 23 heavy (non-hydrogen) atoms. The van der Waals surface area contributed by atoms with Crippen molar-refractivity contribution in [3.63, 3.8) is 0 Å². The number of hydrogen-bond acceptors (Lipinski definition) is 0. The van der Waals surface area contributed by atoms with Gasteiger partial charge in [-0.15, -0.1) is 0 Å². The van der Waals surface area contributed by atoms with Crippen molar-refractivity contribution in [3.8, 4) is 0 Å². The van der Waals surface area contributed by atoms with Gasteiger partial charge >= 0.3 is 0 Å². The molecule has 0 nitrogen and oxygen atoms in total. The summed E-state index contributed by atoms with van der Waals surface area (Å²) in [5, 5.41) is 2.73. The van der Waals surface area contributed by atoms with Gasteiger partial charge in [-0.05, 0) is 34.6 Å². The smallest absolute Gasteiger partial charge is 0.000419 e. The molecule has 2 atom stereocenters. The van der Waals surface area contributed by atoms with Crippen LogP contribution in [-0.4, -0.2) is 0 Å². The van der Waals surface area contributed by atoms with Crippen molar-refractivity contribution >= 4 is 10.8 Å². The third-order valence-corrected chi connectivity index (χ3v) is 4.81. The van der Waals surface area contributed by atoms with Gasteiger partial charge in [0.05, 0.1) is 0 Å². The van der Waals surface area contributed by atoms with Crippen LogP contribution in [0, 0.1) is 5.92 Å². The van der Waals surface area contributed by atoms with Gasteiger partial charge in [-0.2, -0.15) is 0 Å². The molecular formula is C23H32. The van der Waals surface area contributed by atoms with Crippen LogP contribution in [0.4, 0.5) is 0 Å². The van der Waals surface area contributed by atoms with E-state index >= 15 is 0 Å². The summed E-state index contributed by atoms with van der Waals surface area (Å²) < 4.78 is 0. The molecule has 2 aromatic rings. The Bertz CT molecular complexity index is 603. The van der Waals surface area contributed by atoms with Gasteiger partial charge in [-0.3, -0.25) is 0 Å². The van der Waals surface area contributed by atoms with Gasteiger partial charge in [0.15, 0.2) is 0 Å². The highest BCUT2D eigenvalue weighted by Crippen LogP contribution is 2.27. The molecule has 0 saturated heterocycles. The lowest BCUT2D eigenvalue weighted by atomic mass is 9.93. The number of rotatable bonds is 9. The lowest BCUT2D eigenvalue weighted by Crippen LogP contribution is -1.94. The molecule has 0 heteroatoms. The second-order valence-electron chi connectivity index (χ2n) is 6.92. The van der Waals surface area contributed by atoms with Crippen molar-refractivity contribution in [1.82, 2.24) is 0 Å². The van der Waals surface area contributed by atoms with E-state index in [1.54, 1.807) is 0 Å². The van der Waals surface area contributed by atoms with Gasteiger partial charge in [0.1, 0.15) is 0 Å². The predicted octanol–water partition coefficient (Wildman–Crippen LogP) is 7.50. The van der Waals surface area contributed by atoms with E-state index in [0.717, 1.165) is 0 Å².